The van der Waals surface area contributed by atoms with E-state index in [0.29, 0.717) is 37.2 Å². The van der Waals surface area contributed by atoms with Gasteiger partial charge in [-0.25, -0.2) is 9.37 Å². The number of nitrogens with one attached hydrogen (secondary N) is 1. The van der Waals surface area contributed by atoms with Crippen LogP contribution in [0.2, 0.25) is 0 Å². The number of aromatic nitrogens is 1. The van der Waals surface area contributed by atoms with Gasteiger partial charge in [0.2, 0.25) is 0 Å². The van der Waals surface area contributed by atoms with E-state index in [1.807, 2.05) is 19.1 Å². The highest BCUT2D eigenvalue weighted by molar-refractivity contribution is 5.94. The third kappa shape index (κ3) is 4.85. The van der Waals surface area contributed by atoms with E-state index >= 15 is 0 Å². The fraction of sp³-hybridized carbons (Fsp3) is 0.429. The van der Waals surface area contributed by atoms with Crippen LogP contribution in [0.25, 0.3) is 0 Å². The molecule has 7 heteroatoms. The number of hydrogen-bond acceptors (Lipinski definition) is 5. The van der Waals surface area contributed by atoms with Crippen LogP contribution in [-0.4, -0.2) is 59.7 Å². The van der Waals surface area contributed by atoms with Gasteiger partial charge in [-0.15, -0.1) is 0 Å². The number of nitrogens with zero attached hydrogens (tertiary/aromatic N) is 3. The first kappa shape index (κ1) is 20.2. The van der Waals surface area contributed by atoms with Gasteiger partial charge in [-0.1, -0.05) is 18.2 Å². The number of benzene rings is 1. The predicted molar refractivity (Wildman–Crippen MR) is 107 cm³/mol. The Hall–Kier alpha value is -2.51. The Kier molecular flexibility index (Phi) is 6.95. The van der Waals surface area contributed by atoms with E-state index in [4.69, 9.17) is 0 Å². The van der Waals surface area contributed by atoms with Crippen molar-refractivity contribution < 1.29 is 14.3 Å². The van der Waals surface area contributed by atoms with E-state index in [1.165, 1.54) is 6.07 Å². The monoisotopic (exact) mass is 386 g/mol. The van der Waals surface area contributed by atoms with Crippen molar-refractivity contribution in [2.45, 2.75) is 25.9 Å². The summed E-state index contributed by atoms with van der Waals surface area (Å²) in [5, 5.41) is 12.2. The van der Waals surface area contributed by atoms with Crippen molar-refractivity contribution >= 4 is 11.7 Å². The topological polar surface area (TPSA) is 68.7 Å². The number of aliphatic hydroxyl groups excluding tert-OH is 1. The van der Waals surface area contributed by atoms with Gasteiger partial charge in [-0.3, -0.25) is 9.69 Å². The second kappa shape index (κ2) is 9.61. The zero-order chi connectivity index (χ0) is 19.9. The van der Waals surface area contributed by atoms with Crippen LogP contribution >= 0.6 is 0 Å². The summed E-state index contributed by atoms with van der Waals surface area (Å²) in [5.41, 5.74) is 1.21. The highest BCUT2D eigenvalue weighted by Gasteiger charge is 2.28. The summed E-state index contributed by atoms with van der Waals surface area (Å²) in [6, 6.07) is 10.6. The predicted octanol–water partition coefficient (Wildman–Crippen LogP) is 2.04. The molecular weight excluding hydrogens is 359 g/mol. The number of halogens is 1. The number of piperazine rings is 1. The maximum absolute atomic E-state index is 14.0. The molecule has 1 saturated heterocycles. The van der Waals surface area contributed by atoms with Gasteiger partial charge in [0.15, 0.2) is 0 Å². The molecule has 1 aliphatic rings. The number of carbonyl (C=O) groups excluding carboxylic acids is 1. The molecule has 0 spiro atoms. The lowest BCUT2D eigenvalue weighted by molar-refractivity contribution is 0.0955. The quantitative estimate of drug-likeness (QED) is 0.762. The van der Waals surface area contributed by atoms with Crippen molar-refractivity contribution in [2.75, 3.05) is 37.7 Å². The molecule has 0 radical (unpaired) electrons. The molecule has 3 rings (SSSR count). The summed E-state index contributed by atoms with van der Waals surface area (Å²) in [6.45, 7) is 5.25. The molecule has 0 bridgehead atoms. The Balaban J connectivity index is 1.68. The summed E-state index contributed by atoms with van der Waals surface area (Å²) >= 11 is 0. The van der Waals surface area contributed by atoms with Crippen molar-refractivity contribution in [3.63, 3.8) is 0 Å². The average Bonchev–Trinajstić information content (AvgIpc) is 2.71. The molecule has 0 saturated carbocycles. The Labute approximate surface area is 165 Å². The highest BCUT2D eigenvalue weighted by atomic mass is 19.1. The lowest BCUT2D eigenvalue weighted by Gasteiger charge is -2.42. The maximum atomic E-state index is 14.0. The molecule has 2 heterocycles. The first-order valence-electron chi connectivity index (χ1n) is 9.70. The van der Waals surface area contributed by atoms with Crippen molar-refractivity contribution in [3.8, 4) is 0 Å². The molecule has 1 aromatic carbocycles. The summed E-state index contributed by atoms with van der Waals surface area (Å²) < 4.78 is 14.0. The van der Waals surface area contributed by atoms with E-state index in [1.54, 1.807) is 24.4 Å². The zero-order valence-electron chi connectivity index (χ0n) is 16.1. The average molecular weight is 386 g/mol. The number of rotatable bonds is 7. The van der Waals surface area contributed by atoms with Gasteiger partial charge in [0.1, 0.15) is 11.6 Å². The Morgan fingerprint density at radius 1 is 1.29 bits per heavy atom. The van der Waals surface area contributed by atoms with Gasteiger partial charge >= 0.3 is 0 Å². The fourth-order valence-electron chi connectivity index (χ4n) is 3.55. The third-order valence-electron chi connectivity index (χ3n) is 5.07. The minimum atomic E-state index is -0.199. The Morgan fingerprint density at radius 2 is 2.11 bits per heavy atom. The van der Waals surface area contributed by atoms with E-state index in [9.17, 15) is 14.3 Å². The molecule has 2 aromatic rings. The number of aliphatic hydroxyl groups is 1. The second-order valence-electron chi connectivity index (χ2n) is 6.94. The van der Waals surface area contributed by atoms with Crippen molar-refractivity contribution in [2.24, 2.45) is 0 Å². The minimum Gasteiger partial charge on any atom is -0.396 e. The SMILES string of the molecule is CCNC(=O)c1ccc(N2CCN(Cc3ccccc3F)C(CCO)C2)nc1. The molecule has 1 amide bonds. The minimum absolute atomic E-state index is 0.0792. The molecule has 2 N–H and O–H groups in total. The number of carbonyl (C=O) groups is 1. The molecular formula is C21H27FN4O2. The van der Waals surface area contributed by atoms with Gasteiger partial charge in [0.05, 0.1) is 5.56 Å². The second-order valence-corrected chi connectivity index (χ2v) is 6.94. The van der Waals surface area contributed by atoms with Gasteiger partial charge < -0.3 is 15.3 Å². The molecule has 1 fully saturated rings. The molecule has 6 nitrogen and oxygen atoms in total. The molecule has 1 aromatic heterocycles. The summed E-state index contributed by atoms with van der Waals surface area (Å²) in [7, 11) is 0. The number of amides is 1. The lowest BCUT2D eigenvalue weighted by Crippen LogP contribution is -2.53. The van der Waals surface area contributed by atoms with Crippen LogP contribution in [0.5, 0.6) is 0 Å². The molecule has 1 unspecified atom stereocenters. The van der Waals surface area contributed by atoms with Gasteiger partial charge in [-0.2, -0.15) is 0 Å². The van der Waals surface area contributed by atoms with Crippen LogP contribution in [0.4, 0.5) is 10.2 Å². The fourth-order valence-corrected chi connectivity index (χ4v) is 3.55. The first-order valence-corrected chi connectivity index (χ1v) is 9.70. The standard InChI is InChI=1S/C21H27FN4O2/c1-2-23-21(28)16-7-8-20(24-13-16)26-11-10-25(18(15-26)9-12-27)14-17-5-3-4-6-19(17)22/h3-8,13,18,27H,2,9-12,14-15H2,1H3,(H,23,28). The first-order chi connectivity index (χ1) is 13.6. The lowest BCUT2D eigenvalue weighted by atomic mass is 10.1. The van der Waals surface area contributed by atoms with E-state index < -0.39 is 0 Å². The van der Waals surface area contributed by atoms with Crippen LogP contribution in [0, 0.1) is 5.82 Å². The normalized spacial score (nSPS) is 17.5. The van der Waals surface area contributed by atoms with Crippen LogP contribution < -0.4 is 10.2 Å². The smallest absolute Gasteiger partial charge is 0.252 e. The number of pyridine rings is 1. The Bertz CT molecular complexity index is 784. The molecule has 0 aliphatic carbocycles. The maximum Gasteiger partial charge on any atom is 0.252 e. The van der Waals surface area contributed by atoms with Crippen molar-refractivity contribution in [3.05, 3.63) is 59.5 Å². The largest absolute Gasteiger partial charge is 0.396 e. The van der Waals surface area contributed by atoms with Crippen LogP contribution in [0.1, 0.15) is 29.3 Å². The molecule has 1 aliphatic heterocycles. The molecule has 1 atom stereocenters. The van der Waals surface area contributed by atoms with Crippen LogP contribution in [-0.2, 0) is 6.54 Å². The van der Waals surface area contributed by atoms with Crippen molar-refractivity contribution in [1.29, 1.82) is 0 Å². The van der Waals surface area contributed by atoms with Crippen LogP contribution in [0.3, 0.4) is 0 Å². The number of anilines is 1. The summed E-state index contributed by atoms with van der Waals surface area (Å²) in [4.78, 5) is 20.7. The summed E-state index contributed by atoms with van der Waals surface area (Å²) in [6.07, 6.45) is 2.20. The van der Waals surface area contributed by atoms with Gasteiger partial charge in [-0.05, 0) is 31.5 Å². The van der Waals surface area contributed by atoms with E-state index in [-0.39, 0.29) is 24.4 Å². The van der Waals surface area contributed by atoms with E-state index in [0.717, 1.165) is 18.9 Å². The highest BCUT2D eigenvalue weighted by Crippen LogP contribution is 2.22. The Morgan fingerprint density at radius 3 is 2.79 bits per heavy atom. The summed E-state index contributed by atoms with van der Waals surface area (Å²) in [5.74, 6) is 0.478. The van der Waals surface area contributed by atoms with E-state index in [2.05, 4.69) is 20.1 Å². The molecule has 28 heavy (non-hydrogen) atoms. The van der Waals surface area contributed by atoms with Crippen molar-refractivity contribution in [1.82, 2.24) is 15.2 Å². The van der Waals surface area contributed by atoms with Gasteiger partial charge in [0.25, 0.3) is 5.91 Å². The van der Waals surface area contributed by atoms with Crippen LogP contribution in [0.15, 0.2) is 42.6 Å². The van der Waals surface area contributed by atoms with Gasteiger partial charge in [0, 0.05) is 57.1 Å². The number of hydrogen-bond donors (Lipinski definition) is 2. The zero-order valence-corrected chi connectivity index (χ0v) is 16.1. The third-order valence-corrected chi connectivity index (χ3v) is 5.07. The molecule has 150 valence electrons.